The first-order valence-electron chi connectivity index (χ1n) is 6.55. The minimum absolute atomic E-state index is 0.109. The van der Waals surface area contributed by atoms with Gasteiger partial charge in [-0.25, -0.2) is 8.78 Å². The van der Waals surface area contributed by atoms with Crippen LogP contribution in [0.1, 0.15) is 12.5 Å². The largest absolute Gasteiger partial charge is 0.378 e. The van der Waals surface area contributed by atoms with Gasteiger partial charge in [-0.1, -0.05) is 0 Å². The number of carbonyl (C=O) groups is 1. The Hall–Kier alpha value is -2.20. The molecule has 1 unspecified atom stereocenters. The van der Waals surface area contributed by atoms with Crippen molar-refractivity contribution in [3.63, 3.8) is 0 Å². The average Bonchev–Trinajstić information content (AvgIpc) is 2.50. The molecule has 1 aliphatic heterocycles. The maximum atomic E-state index is 13.8. The van der Waals surface area contributed by atoms with Gasteiger partial charge in [0.2, 0.25) is 5.91 Å². The second-order valence-electron chi connectivity index (χ2n) is 4.73. The highest BCUT2D eigenvalue weighted by molar-refractivity contribution is 5.84. The molecule has 1 atom stereocenters. The zero-order valence-electron chi connectivity index (χ0n) is 11.5. The summed E-state index contributed by atoms with van der Waals surface area (Å²) in [5.74, 6) is -2.04. The van der Waals surface area contributed by atoms with Gasteiger partial charge in [-0.2, -0.15) is 5.26 Å². The quantitative estimate of drug-likeness (QED) is 0.917. The summed E-state index contributed by atoms with van der Waals surface area (Å²) < 4.78 is 32.7. The van der Waals surface area contributed by atoms with Crippen LogP contribution in [0, 0.1) is 23.0 Å². The molecule has 21 heavy (non-hydrogen) atoms. The van der Waals surface area contributed by atoms with Crippen LogP contribution in [-0.2, 0) is 9.53 Å². The first kappa shape index (κ1) is 15.2. The standard InChI is InChI=1S/C14H15F2N3O2/c1-9(14(20)19-2-4-21-5-3-19)18-13-11(15)6-10(8-17)7-12(13)16/h6-7,9,18H,2-5H2,1H3. The lowest BCUT2D eigenvalue weighted by atomic mass is 10.1. The molecular formula is C14H15F2N3O2. The molecule has 0 aliphatic carbocycles. The zero-order chi connectivity index (χ0) is 15.4. The monoisotopic (exact) mass is 295 g/mol. The van der Waals surface area contributed by atoms with Crippen LogP contribution in [0.3, 0.4) is 0 Å². The Morgan fingerprint density at radius 1 is 1.38 bits per heavy atom. The van der Waals surface area contributed by atoms with Gasteiger partial charge in [0, 0.05) is 13.1 Å². The molecule has 0 spiro atoms. The summed E-state index contributed by atoms with van der Waals surface area (Å²) in [6.07, 6.45) is 0. The summed E-state index contributed by atoms with van der Waals surface area (Å²) in [4.78, 5) is 13.7. The molecule has 1 N–H and O–H groups in total. The van der Waals surface area contributed by atoms with Crippen LogP contribution in [0.4, 0.5) is 14.5 Å². The van der Waals surface area contributed by atoms with Crippen LogP contribution in [0.5, 0.6) is 0 Å². The number of nitrogens with zero attached hydrogens (tertiary/aromatic N) is 2. The Labute approximate surface area is 121 Å². The third-order valence-electron chi connectivity index (χ3n) is 3.23. The van der Waals surface area contributed by atoms with Crippen molar-refractivity contribution < 1.29 is 18.3 Å². The normalized spacial score (nSPS) is 16.2. The number of morpholine rings is 1. The number of ether oxygens (including phenoxy) is 1. The van der Waals surface area contributed by atoms with E-state index in [1.54, 1.807) is 11.0 Å². The van der Waals surface area contributed by atoms with Crippen LogP contribution < -0.4 is 5.32 Å². The molecule has 0 radical (unpaired) electrons. The minimum Gasteiger partial charge on any atom is -0.378 e. The third-order valence-corrected chi connectivity index (χ3v) is 3.23. The van der Waals surface area contributed by atoms with Crippen molar-refractivity contribution in [2.45, 2.75) is 13.0 Å². The number of halogens is 2. The van der Waals surface area contributed by atoms with Crippen molar-refractivity contribution in [2.75, 3.05) is 31.6 Å². The predicted molar refractivity (Wildman–Crippen MR) is 71.6 cm³/mol. The van der Waals surface area contributed by atoms with Crippen molar-refractivity contribution in [2.24, 2.45) is 0 Å². The number of benzene rings is 1. The minimum atomic E-state index is -0.895. The Morgan fingerprint density at radius 3 is 2.48 bits per heavy atom. The number of carbonyl (C=O) groups excluding carboxylic acids is 1. The van der Waals surface area contributed by atoms with E-state index in [0.717, 1.165) is 12.1 Å². The van der Waals surface area contributed by atoms with E-state index in [-0.39, 0.29) is 11.5 Å². The molecule has 7 heteroatoms. The lowest BCUT2D eigenvalue weighted by molar-refractivity contribution is -0.135. The molecule has 1 amide bonds. The lowest BCUT2D eigenvalue weighted by Crippen LogP contribution is -2.47. The van der Waals surface area contributed by atoms with Crippen LogP contribution in [-0.4, -0.2) is 43.2 Å². The zero-order valence-corrected chi connectivity index (χ0v) is 11.5. The van der Waals surface area contributed by atoms with E-state index in [1.807, 2.05) is 0 Å². The Bertz CT molecular complexity index is 557. The van der Waals surface area contributed by atoms with E-state index in [1.165, 1.54) is 6.92 Å². The number of rotatable bonds is 3. The van der Waals surface area contributed by atoms with E-state index in [2.05, 4.69) is 5.32 Å². The second-order valence-corrected chi connectivity index (χ2v) is 4.73. The molecule has 2 rings (SSSR count). The van der Waals surface area contributed by atoms with Gasteiger partial charge in [0.25, 0.3) is 0 Å². The van der Waals surface area contributed by atoms with Gasteiger partial charge in [-0.3, -0.25) is 4.79 Å². The molecule has 1 aromatic rings. The average molecular weight is 295 g/mol. The molecule has 0 bridgehead atoms. The maximum absolute atomic E-state index is 13.8. The van der Waals surface area contributed by atoms with Gasteiger partial charge in [-0.15, -0.1) is 0 Å². The summed E-state index contributed by atoms with van der Waals surface area (Å²) in [7, 11) is 0. The second kappa shape index (κ2) is 6.50. The fourth-order valence-corrected chi connectivity index (χ4v) is 2.11. The molecule has 1 aliphatic rings. The Kier molecular flexibility index (Phi) is 4.70. The van der Waals surface area contributed by atoms with Crippen molar-refractivity contribution >= 4 is 11.6 Å². The van der Waals surface area contributed by atoms with Crippen LogP contribution >= 0.6 is 0 Å². The third kappa shape index (κ3) is 3.47. The van der Waals surface area contributed by atoms with Crippen molar-refractivity contribution in [1.82, 2.24) is 4.90 Å². The molecule has 1 saturated heterocycles. The molecule has 0 aromatic heterocycles. The van der Waals surface area contributed by atoms with Crippen LogP contribution in [0.15, 0.2) is 12.1 Å². The smallest absolute Gasteiger partial charge is 0.244 e. The van der Waals surface area contributed by atoms with Crippen molar-refractivity contribution in [3.8, 4) is 6.07 Å². The Morgan fingerprint density at radius 2 is 1.95 bits per heavy atom. The summed E-state index contributed by atoms with van der Waals surface area (Å²) in [6.45, 7) is 3.37. The molecular weight excluding hydrogens is 280 g/mol. The molecule has 1 fully saturated rings. The number of hydrogen-bond acceptors (Lipinski definition) is 4. The van der Waals surface area contributed by atoms with E-state index >= 15 is 0 Å². The maximum Gasteiger partial charge on any atom is 0.244 e. The molecule has 1 aromatic carbocycles. The first-order valence-corrected chi connectivity index (χ1v) is 6.55. The number of amides is 1. The van der Waals surface area contributed by atoms with E-state index in [9.17, 15) is 13.6 Å². The number of nitriles is 1. The van der Waals surface area contributed by atoms with Gasteiger partial charge in [-0.05, 0) is 19.1 Å². The van der Waals surface area contributed by atoms with Gasteiger partial charge >= 0.3 is 0 Å². The topological polar surface area (TPSA) is 65.4 Å². The summed E-state index contributed by atoms with van der Waals surface area (Å²) >= 11 is 0. The molecule has 1 heterocycles. The lowest BCUT2D eigenvalue weighted by Gasteiger charge is -2.29. The molecule has 0 saturated carbocycles. The van der Waals surface area contributed by atoms with E-state index in [4.69, 9.17) is 10.00 Å². The number of nitrogens with one attached hydrogen (secondary N) is 1. The van der Waals surface area contributed by atoms with Gasteiger partial charge < -0.3 is 15.0 Å². The summed E-state index contributed by atoms with van der Waals surface area (Å²) in [5, 5.41) is 11.2. The highest BCUT2D eigenvalue weighted by Crippen LogP contribution is 2.21. The van der Waals surface area contributed by atoms with E-state index < -0.39 is 23.4 Å². The highest BCUT2D eigenvalue weighted by Gasteiger charge is 2.24. The van der Waals surface area contributed by atoms with Crippen LogP contribution in [0.25, 0.3) is 0 Å². The van der Waals surface area contributed by atoms with Crippen LogP contribution in [0.2, 0.25) is 0 Å². The summed E-state index contributed by atoms with van der Waals surface area (Å²) in [6, 6.07) is 2.74. The molecule has 5 nitrogen and oxygen atoms in total. The SMILES string of the molecule is CC(Nc1c(F)cc(C#N)cc1F)C(=O)N1CCOCC1. The van der Waals surface area contributed by atoms with Crippen molar-refractivity contribution in [1.29, 1.82) is 5.26 Å². The summed E-state index contributed by atoms with van der Waals surface area (Å²) in [5.41, 5.74) is -0.509. The van der Waals surface area contributed by atoms with E-state index in [0.29, 0.717) is 26.3 Å². The fraction of sp³-hybridized carbons (Fsp3) is 0.429. The number of hydrogen-bond donors (Lipinski definition) is 1. The Balaban J connectivity index is 2.10. The van der Waals surface area contributed by atoms with Gasteiger partial charge in [0.05, 0.1) is 24.8 Å². The van der Waals surface area contributed by atoms with Gasteiger partial charge in [0.1, 0.15) is 11.7 Å². The van der Waals surface area contributed by atoms with Gasteiger partial charge in [0.15, 0.2) is 11.6 Å². The highest BCUT2D eigenvalue weighted by atomic mass is 19.1. The molecule has 112 valence electrons. The fourth-order valence-electron chi connectivity index (χ4n) is 2.11. The predicted octanol–water partition coefficient (Wildman–Crippen LogP) is 1.50. The number of anilines is 1. The van der Waals surface area contributed by atoms with Crippen molar-refractivity contribution in [3.05, 3.63) is 29.3 Å². The first-order chi connectivity index (χ1) is 10.0.